The summed E-state index contributed by atoms with van der Waals surface area (Å²) < 4.78 is 0. The van der Waals surface area contributed by atoms with Gasteiger partial charge in [-0.25, -0.2) is 0 Å². The van der Waals surface area contributed by atoms with E-state index in [2.05, 4.69) is 16.0 Å². The summed E-state index contributed by atoms with van der Waals surface area (Å²) >= 11 is 0. The number of carbonyl (C=O) groups is 3. The van der Waals surface area contributed by atoms with E-state index < -0.39 is 6.04 Å². The van der Waals surface area contributed by atoms with Gasteiger partial charge in [0.15, 0.2) is 0 Å². The van der Waals surface area contributed by atoms with Crippen molar-refractivity contribution in [1.82, 2.24) is 0 Å². The number of rotatable bonds is 5. The SMILES string of the molecule is CC(=O)Nc1ccc(NC(=O)C(C)Nc2ccc3c(c2)CCN3C(C)=O)cc1. The molecule has 7 heteroatoms. The molecule has 0 aromatic heterocycles. The Labute approximate surface area is 164 Å². The summed E-state index contributed by atoms with van der Waals surface area (Å²) in [7, 11) is 0. The minimum atomic E-state index is -0.446. The van der Waals surface area contributed by atoms with Crippen molar-refractivity contribution >= 4 is 40.5 Å². The van der Waals surface area contributed by atoms with Gasteiger partial charge in [0.05, 0.1) is 0 Å². The van der Waals surface area contributed by atoms with Gasteiger partial charge in [0.25, 0.3) is 0 Å². The maximum atomic E-state index is 12.5. The summed E-state index contributed by atoms with van der Waals surface area (Å²) in [5.74, 6) is -0.273. The molecule has 3 amide bonds. The molecule has 0 fully saturated rings. The lowest BCUT2D eigenvalue weighted by Crippen LogP contribution is -2.31. The molecule has 28 heavy (non-hydrogen) atoms. The zero-order valence-corrected chi connectivity index (χ0v) is 16.2. The Hall–Kier alpha value is -3.35. The minimum Gasteiger partial charge on any atom is -0.374 e. The number of nitrogens with zero attached hydrogens (tertiary/aromatic N) is 1. The fourth-order valence-corrected chi connectivity index (χ4v) is 3.22. The lowest BCUT2D eigenvalue weighted by Gasteiger charge is -2.18. The van der Waals surface area contributed by atoms with Crippen LogP contribution in [0.1, 0.15) is 26.3 Å². The number of fused-ring (bicyclic) bond motifs is 1. The molecule has 1 unspecified atom stereocenters. The summed E-state index contributed by atoms with van der Waals surface area (Å²) in [6.45, 7) is 5.49. The smallest absolute Gasteiger partial charge is 0.246 e. The first kappa shape index (κ1) is 19.4. The first-order valence-electron chi connectivity index (χ1n) is 9.19. The molecule has 1 heterocycles. The number of carbonyl (C=O) groups excluding carboxylic acids is 3. The van der Waals surface area contributed by atoms with E-state index in [0.717, 1.165) is 23.4 Å². The van der Waals surface area contributed by atoms with Crippen LogP contribution in [0, 0.1) is 0 Å². The number of anilines is 4. The van der Waals surface area contributed by atoms with Crippen molar-refractivity contribution < 1.29 is 14.4 Å². The molecule has 0 spiro atoms. The van der Waals surface area contributed by atoms with Crippen LogP contribution in [0.2, 0.25) is 0 Å². The van der Waals surface area contributed by atoms with Crippen molar-refractivity contribution in [2.75, 3.05) is 27.4 Å². The van der Waals surface area contributed by atoms with Crippen LogP contribution >= 0.6 is 0 Å². The van der Waals surface area contributed by atoms with Crippen molar-refractivity contribution in [3.05, 3.63) is 48.0 Å². The molecule has 0 saturated heterocycles. The predicted molar refractivity (Wildman–Crippen MR) is 111 cm³/mol. The van der Waals surface area contributed by atoms with Crippen LogP contribution in [0.15, 0.2) is 42.5 Å². The zero-order chi connectivity index (χ0) is 20.3. The molecule has 2 aromatic rings. The van der Waals surface area contributed by atoms with E-state index in [1.807, 2.05) is 18.2 Å². The maximum Gasteiger partial charge on any atom is 0.246 e. The normalized spacial score (nSPS) is 13.5. The highest BCUT2D eigenvalue weighted by atomic mass is 16.2. The first-order chi connectivity index (χ1) is 13.3. The monoisotopic (exact) mass is 380 g/mol. The van der Waals surface area contributed by atoms with Gasteiger partial charge in [-0.1, -0.05) is 0 Å². The fourth-order valence-electron chi connectivity index (χ4n) is 3.22. The minimum absolute atomic E-state index is 0.0386. The summed E-state index contributed by atoms with van der Waals surface area (Å²) in [6.07, 6.45) is 0.811. The molecule has 3 N–H and O–H groups in total. The second-order valence-corrected chi connectivity index (χ2v) is 6.88. The Morgan fingerprint density at radius 1 is 0.929 bits per heavy atom. The predicted octanol–water partition coefficient (Wildman–Crippen LogP) is 2.99. The van der Waals surface area contributed by atoms with E-state index in [1.54, 1.807) is 43.0 Å². The van der Waals surface area contributed by atoms with Crippen LogP contribution < -0.4 is 20.9 Å². The molecule has 2 aromatic carbocycles. The Kier molecular flexibility index (Phi) is 5.63. The standard InChI is InChI=1S/C21H24N4O3/c1-13(21(28)24-18-6-4-17(5-7-18)23-14(2)26)22-19-8-9-20-16(12-19)10-11-25(20)15(3)27/h4-9,12-13,22H,10-11H2,1-3H3,(H,23,26)(H,24,28). The third-order valence-corrected chi connectivity index (χ3v) is 4.60. The van der Waals surface area contributed by atoms with Gasteiger partial charge in [-0.2, -0.15) is 0 Å². The van der Waals surface area contributed by atoms with Crippen LogP contribution in [0.5, 0.6) is 0 Å². The number of nitrogens with one attached hydrogen (secondary N) is 3. The van der Waals surface area contributed by atoms with Gasteiger partial charge in [-0.3, -0.25) is 14.4 Å². The summed E-state index contributed by atoms with van der Waals surface area (Å²) in [5, 5.41) is 8.73. The van der Waals surface area contributed by atoms with Crippen molar-refractivity contribution in [3.63, 3.8) is 0 Å². The lowest BCUT2D eigenvalue weighted by molar-refractivity contribution is -0.117. The molecule has 1 atom stereocenters. The third kappa shape index (κ3) is 4.49. The van der Waals surface area contributed by atoms with Gasteiger partial charge in [0, 0.05) is 43.1 Å². The lowest BCUT2D eigenvalue weighted by atomic mass is 10.1. The molecule has 7 nitrogen and oxygen atoms in total. The molecule has 0 aliphatic carbocycles. The Morgan fingerprint density at radius 3 is 2.14 bits per heavy atom. The topological polar surface area (TPSA) is 90.5 Å². The fraction of sp³-hybridized carbons (Fsp3) is 0.286. The Bertz CT molecular complexity index is 908. The molecule has 0 radical (unpaired) electrons. The van der Waals surface area contributed by atoms with Gasteiger partial charge in [0.1, 0.15) is 6.04 Å². The van der Waals surface area contributed by atoms with E-state index >= 15 is 0 Å². The second kappa shape index (κ2) is 8.12. The van der Waals surface area contributed by atoms with E-state index in [-0.39, 0.29) is 17.7 Å². The van der Waals surface area contributed by atoms with Gasteiger partial charge in [-0.15, -0.1) is 0 Å². The van der Waals surface area contributed by atoms with E-state index in [1.165, 1.54) is 6.92 Å². The van der Waals surface area contributed by atoms with Crippen molar-refractivity contribution in [2.24, 2.45) is 0 Å². The highest BCUT2D eigenvalue weighted by Gasteiger charge is 2.22. The van der Waals surface area contributed by atoms with Crippen LogP contribution in [0.25, 0.3) is 0 Å². The highest BCUT2D eigenvalue weighted by Crippen LogP contribution is 2.30. The number of hydrogen-bond acceptors (Lipinski definition) is 4. The maximum absolute atomic E-state index is 12.5. The number of benzene rings is 2. The molecule has 1 aliphatic heterocycles. The molecule has 1 aliphatic rings. The quantitative estimate of drug-likeness (QED) is 0.744. The largest absolute Gasteiger partial charge is 0.374 e. The molecular formula is C21H24N4O3. The van der Waals surface area contributed by atoms with E-state index in [0.29, 0.717) is 17.9 Å². The Morgan fingerprint density at radius 2 is 1.54 bits per heavy atom. The van der Waals surface area contributed by atoms with Crippen LogP contribution in [-0.4, -0.2) is 30.3 Å². The van der Waals surface area contributed by atoms with E-state index in [9.17, 15) is 14.4 Å². The molecule has 146 valence electrons. The number of amides is 3. The highest BCUT2D eigenvalue weighted by molar-refractivity contribution is 5.97. The second-order valence-electron chi connectivity index (χ2n) is 6.88. The molecule has 0 saturated carbocycles. The van der Waals surface area contributed by atoms with Gasteiger partial charge >= 0.3 is 0 Å². The number of hydrogen-bond donors (Lipinski definition) is 3. The molecular weight excluding hydrogens is 356 g/mol. The van der Waals surface area contributed by atoms with Crippen molar-refractivity contribution in [2.45, 2.75) is 33.2 Å². The zero-order valence-electron chi connectivity index (χ0n) is 16.2. The van der Waals surface area contributed by atoms with Gasteiger partial charge in [0.2, 0.25) is 17.7 Å². The van der Waals surface area contributed by atoms with Gasteiger partial charge < -0.3 is 20.9 Å². The summed E-state index contributed by atoms with van der Waals surface area (Å²) in [6, 6.07) is 12.3. The first-order valence-corrected chi connectivity index (χ1v) is 9.19. The average Bonchev–Trinajstić information content (AvgIpc) is 3.06. The third-order valence-electron chi connectivity index (χ3n) is 4.60. The van der Waals surface area contributed by atoms with Crippen molar-refractivity contribution in [3.8, 4) is 0 Å². The Balaban J connectivity index is 1.60. The van der Waals surface area contributed by atoms with Crippen LogP contribution in [-0.2, 0) is 20.8 Å². The summed E-state index contributed by atoms with van der Waals surface area (Å²) in [5.41, 5.74) is 4.21. The van der Waals surface area contributed by atoms with Gasteiger partial charge in [-0.05, 0) is 61.4 Å². The molecule has 0 bridgehead atoms. The van der Waals surface area contributed by atoms with E-state index in [4.69, 9.17) is 0 Å². The molecule has 3 rings (SSSR count). The van der Waals surface area contributed by atoms with Crippen LogP contribution in [0.3, 0.4) is 0 Å². The van der Waals surface area contributed by atoms with Crippen molar-refractivity contribution in [1.29, 1.82) is 0 Å². The average molecular weight is 380 g/mol. The summed E-state index contributed by atoms with van der Waals surface area (Å²) in [4.78, 5) is 36.9. The van der Waals surface area contributed by atoms with Crippen LogP contribution in [0.4, 0.5) is 22.7 Å².